The molecular weight excluding hydrogens is 254 g/mol. The maximum absolute atomic E-state index is 2.40. The molecule has 1 fully saturated rings. The van der Waals surface area contributed by atoms with Gasteiger partial charge in [-0.25, -0.2) is 4.57 Å². The van der Waals surface area contributed by atoms with Crippen LogP contribution >= 0.6 is 0 Å². The van der Waals surface area contributed by atoms with E-state index in [4.69, 9.17) is 0 Å². The zero-order chi connectivity index (χ0) is 14.8. The van der Waals surface area contributed by atoms with Gasteiger partial charge in [-0.2, -0.15) is 0 Å². The number of hydrogen-bond donors (Lipinski definition) is 0. The second-order valence-corrected chi connectivity index (χ2v) is 6.70. The van der Waals surface area contributed by atoms with Crippen LogP contribution in [0, 0.1) is 19.8 Å². The van der Waals surface area contributed by atoms with Gasteiger partial charge in [0.1, 0.15) is 7.05 Å². The van der Waals surface area contributed by atoms with Gasteiger partial charge in [0.25, 0.3) is 0 Å². The Labute approximate surface area is 128 Å². The molecule has 0 spiro atoms. The zero-order valence-electron chi connectivity index (χ0n) is 13.5. The van der Waals surface area contributed by atoms with Crippen LogP contribution in [0.15, 0.2) is 36.5 Å². The van der Waals surface area contributed by atoms with E-state index in [0.29, 0.717) is 0 Å². The first-order valence-electron chi connectivity index (χ1n) is 8.19. The topological polar surface area (TPSA) is 3.88 Å². The van der Waals surface area contributed by atoms with Gasteiger partial charge in [-0.3, -0.25) is 0 Å². The molecule has 0 aliphatic heterocycles. The quantitative estimate of drug-likeness (QED) is 0.727. The first-order valence-corrected chi connectivity index (χ1v) is 8.19. The normalized spacial score (nSPS) is 15.6. The van der Waals surface area contributed by atoms with Gasteiger partial charge in [0.05, 0.1) is 0 Å². The first-order chi connectivity index (χ1) is 10.1. The molecule has 1 aromatic heterocycles. The Bertz CT molecular complexity index is 636. The molecule has 21 heavy (non-hydrogen) atoms. The van der Waals surface area contributed by atoms with Gasteiger partial charge in [0, 0.05) is 17.7 Å². The van der Waals surface area contributed by atoms with Crippen LogP contribution < -0.4 is 4.57 Å². The summed E-state index contributed by atoms with van der Waals surface area (Å²) < 4.78 is 2.25. The molecule has 0 amide bonds. The molecule has 0 atom stereocenters. The highest BCUT2D eigenvalue weighted by Crippen LogP contribution is 2.29. The van der Waals surface area contributed by atoms with Gasteiger partial charge in [0.2, 0.25) is 5.69 Å². The number of pyridine rings is 1. The van der Waals surface area contributed by atoms with E-state index in [-0.39, 0.29) is 0 Å². The van der Waals surface area contributed by atoms with Crippen LogP contribution in [0.2, 0.25) is 0 Å². The molecule has 0 N–H and O–H groups in total. The van der Waals surface area contributed by atoms with Crippen LogP contribution in [0.1, 0.15) is 42.4 Å². The Morgan fingerprint density at radius 2 is 1.81 bits per heavy atom. The van der Waals surface area contributed by atoms with E-state index in [0.717, 1.165) is 5.92 Å². The molecule has 1 saturated carbocycles. The van der Waals surface area contributed by atoms with E-state index >= 15 is 0 Å². The fourth-order valence-corrected chi connectivity index (χ4v) is 3.66. The molecule has 2 aromatic rings. The van der Waals surface area contributed by atoms with Gasteiger partial charge in [-0.15, -0.1) is 0 Å². The summed E-state index contributed by atoms with van der Waals surface area (Å²) in [5.74, 6) is 0.907. The number of rotatable bonds is 3. The summed E-state index contributed by atoms with van der Waals surface area (Å²) >= 11 is 0. The summed E-state index contributed by atoms with van der Waals surface area (Å²) in [4.78, 5) is 0. The molecule has 0 saturated heterocycles. The average molecular weight is 280 g/mol. The highest BCUT2D eigenvalue weighted by atomic mass is 14.9. The van der Waals surface area contributed by atoms with Crippen molar-refractivity contribution in [3.8, 4) is 11.3 Å². The van der Waals surface area contributed by atoms with Crippen molar-refractivity contribution in [2.24, 2.45) is 13.0 Å². The lowest BCUT2D eigenvalue weighted by molar-refractivity contribution is -0.660. The summed E-state index contributed by atoms with van der Waals surface area (Å²) in [5, 5.41) is 0. The first kappa shape index (κ1) is 14.3. The van der Waals surface area contributed by atoms with Crippen LogP contribution in [-0.4, -0.2) is 0 Å². The van der Waals surface area contributed by atoms with Crippen LogP contribution in [-0.2, 0) is 13.5 Å². The Morgan fingerprint density at radius 1 is 1.05 bits per heavy atom. The minimum atomic E-state index is 0.907. The third kappa shape index (κ3) is 3.18. The monoisotopic (exact) mass is 280 g/mol. The Kier molecular flexibility index (Phi) is 4.10. The molecule has 1 aliphatic rings. The van der Waals surface area contributed by atoms with E-state index in [1.54, 1.807) is 0 Å². The van der Waals surface area contributed by atoms with E-state index in [9.17, 15) is 0 Å². The van der Waals surface area contributed by atoms with E-state index < -0.39 is 0 Å². The number of hydrogen-bond acceptors (Lipinski definition) is 0. The molecule has 0 unspecified atom stereocenters. The highest BCUT2D eigenvalue weighted by molar-refractivity contribution is 5.62. The molecule has 1 nitrogen and oxygen atoms in total. The number of aromatic nitrogens is 1. The maximum atomic E-state index is 2.40. The molecular formula is C20H26N+. The third-order valence-corrected chi connectivity index (χ3v) is 4.87. The largest absolute Gasteiger partial charge is 0.212 e. The van der Waals surface area contributed by atoms with Crippen molar-refractivity contribution in [2.45, 2.75) is 46.0 Å². The highest BCUT2D eigenvalue weighted by Gasteiger charge is 2.18. The van der Waals surface area contributed by atoms with Crippen molar-refractivity contribution in [1.29, 1.82) is 0 Å². The predicted molar refractivity (Wildman–Crippen MR) is 88.2 cm³/mol. The molecule has 1 aromatic carbocycles. The molecule has 0 bridgehead atoms. The molecule has 1 aliphatic carbocycles. The lowest BCUT2D eigenvalue weighted by atomic mass is 9.96. The molecule has 110 valence electrons. The SMILES string of the molecule is Cc1ccc(-c2cc(CC3CCCC3)cc[n+]2C)c(C)c1. The second kappa shape index (κ2) is 6.01. The van der Waals surface area contributed by atoms with Gasteiger partial charge in [-0.1, -0.05) is 43.4 Å². The number of nitrogens with zero attached hydrogens (tertiary/aromatic N) is 1. The van der Waals surface area contributed by atoms with Crippen molar-refractivity contribution >= 4 is 0 Å². The van der Waals surface area contributed by atoms with Crippen LogP contribution in [0.25, 0.3) is 11.3 Å². The molecule has 1 heteroatoms. The van der Waals surface area contributed by atoms with Crippen molar-refractivity contribution < 1.29 is 4.57 Å². The van der Waals surface area contributed by atoms with Crippen molar-refractivity contribution in [2.75, 3.05) is 0 Å². The van der Waals surface area contributed by atoms with Crippen LogP contribution in [0.4, 0.5) is 0 Å². The van der Waals surface area contributed by atoms with E-state index in [1.807, 2.05) is 0 Å². The Morgan fingerprint density at radius 3 is 2.52 bits per heavy atom. The minimum Gasteiger partial charge on any atom is -0.201 e. The number of aryl methyl sites for hydroxylation is 3. The Balaban J connectivity index is 1.93. The van der Waals surface area contributed by atoms with Gasteiger partial charge in [0.15, 0.2) is 6.20 Å². The fraction of sp³-hybridized carbons (Fsp3) is 0.450. The van der Waals surface area contributed by atoms with E-state index in [1.165, 1.54) is 60.1 Å². The minimum absolute atomic E-state index is 0.907. The summed E-state index contributed by atoms with van der Waals surface area (Å²) in [7, 11) is 2.15. The summed E-state index contributed by atoms with van der Waals surface area (Å²) in [5.41, 5.74) is 6.89. The average Bonchev–Trinajstić information content (AvgIpc) is 2.94. The van der Waals surface area contributed by atoms with Gasteiger partial charge >= 0.3 is 0 Å². The fourth-order valence-electron chi connectivity index (χ4n) is 3.66. The lowest BCUT2D eigenvalue weighted by Crippen LogP contribution is -2.30. The van der Waals surface area contributed by atoms with Crippen LogP contribution in [0.5, 0.6) is 0 Å². The van der Waals surface area contributed by atoms with Gasteiger partial charge < -0.3 is 0 Å². The van der Waals surface area contributed by atoms with Crippen molar-refractivity contribution in [3.05, 3.63) is 53.2 Å². The second-order valence-electron chi connectivity index (χ2n) is 6.70. The summed E-state index contributed by atoms with van der Waals surface area (Å²) in [6.07, 6.45) is 9.15. The standard InChI is InChI=1S/C20H26N/c1-15-8-9-19(16(2)12-15)20-14-18(10-11-21(20)3)13-17-6-4-5-7-17/h8-12,14,17H,4-7,13H2,1-3H3/q+1. The van der Waals surface area contributed by atoms with E-state index in [2.05, 4.69) is 62.0 Å². The summed E-state index contributed by atoms with van der Waals surface area (Å²) in [6, 6.07) is 11.5. The molecule has 0 radical (unpaired) electrons. The molecule has 1 heterocycles. The zero-order valence-corrected chi connectivity index (χ0v) is 13.5. The lowest BCUT2D eigenvalue weighted by Gasteiger charge is -2.10. The molecule has 3 rings (SSSR count). The third-order valence-electron chi connectivity index (χ3n) is 4.87. The van der Waals surface area contributed by atoms with Crippen LogP contribution in [0.3, 0.4) is 0 Å². The van der Waals surface area contributed by atoms with Gasteiger partial charge in [-0.05, 0) is 43.4 Å². The smallest absolute Gasteiger partial charge is 0.201 e. The number of benzene rings is 1. The maximum Gasteiger partial charge on any atom is 0.212 e. The predicted octanol–water partition coefficient (Wildman–Crippen LogP) is 4.53. The van der Waals surface area contributed by atoms with Crippen molar-refractivity contribution in [3.63, 3.8) is 0 Å². The summed E-state index contributed by atoms with van der Waals surface area (Å²) in [6.45, 7) is 4.37. The van der Waals surface area contributed by atoms with Crippen molar-refractivity contribution in [1.82, 2.24) is 0 Å². The Hall–Kier alpha value is -1.63.